The van der Waals surface area contributed by atoms with Gasteiger partial charge in [0, 0.05) is 17.1 Å². The summed E-state index contributed by atoms with van der Waals surface area (Å²) in [6.45, 7) is 3.59. The summed E-state index contributed by atoms with van der Waals surface area (Å²) in [6, 6.07) is 5.91. The van der Waals surface area contributed by atoms with E-state index >= 15 is 0 Å². The van der Waals surface area contributed by atoms with Crippen molar-refractivity contribution in [2.24, 2.45) is 0 Å². The third-order valence-electron chi connectivity index (χ3n) is 3.29. The number of halogens is 3. The molecule has 0 aliphatic heterocycles. The minimum absolute atomic E-state index is 0.115. The topological polar surface area (TPSA) is 72.2 Å². The van der Waals surface area contributed by atoms with Gasteiger partial charge in [0.1, 0.15) is 0 Å². The lowest BCUT2D eigenvalue weighted by Crippen LogP contribution is -2.14. The number of aryl methyl sites for hydroxylation is 2. The highest BCUT2D eigenvalue weighted by Gasteiger charge is 2.30. The monoisotopic (exact) mass is 335 g/mol. The Hall–Kier alpha value is -2.97. The third-order valence-corrected chi connectivity index (χ3v) is 3.29. The van der Waals surface area contributed by atoms with Gasteiger partial charge in [-0.2, -0.15) is 18.2 Å². The zero-order valence-electron chi connectivity index (χ0n) is 12.7. The second-order valence-corrected chi connectivity index (χ2v) is 5.22. The average molecular weight is 335 g/mol. The first kappa shape index (κ1) is 15.9. The van der Waals surface area contributed by atoms with Crippen LogP contribution in [0.2, 0.25) is 0 Å². The molecular weight excluding hydrogens is 323 g/mol. The number of carbonyl (C=O) groups excluding carboxylic acids is 1. The number of nitrogens with zero attached hydrogens (tertiary/aromatic N) is 4. The summed E-state index contributed by atoms with van der Waals surface area (Å²) < 4.78 is 39.0. The number of amides is 1. The van der Waals surface area contributed by atoms with E-state index in [0.717, 1.165) is 23.5 Å². The number of nitrogens with one attached hydrogen (secondary N) is 1. The number of benzene rings is 1. The van der Waals surface area contributed by atoms with Crippen LogP contribution in [-0.2, 0) is 6.18 Å². The van der Waals surface area contributed by atoms with Gasteiger partial charge in [-0.25, -0.2) is 9.50 Å². The molecule has 1 N–H and O–H groups in total. The summed E-state index contributed by atoms with van der Waals surface area (Å²) in [4.78, 5) is 20.4. The highest BCUT2D eigenvalue weighted by atomic mass is 19.4. The molecule has 1 aromatic carbocycles. The largest absolute Gasteiger partial charge is 0.416 e. The predicted octanol–water partition coefficient (Wildman–Crippen LogP) is 3.01. The van der Waals surface area contributed by atoms with Gasteiger partial charge in [0.2, 0.25) is 5.82 Å². The lowest BCUT2D eigenvalue weighted by molar-refractivity contribution is -0.137. The quantitative estimate of drug-likeness (QED) is 0.781. The lowest BCUT2D eigenvalue weighted by Gasteiger charge is -2.07. The molecule has 0 fully saturated rings. The first-order valence-electron chi connectivity index (χ1n) is 6.94. The molecule has 9 heteroatoms. The van der Waals surface area contributed by atoms with Crippen LogP contribution in [0.25, 0.3) is 5.78 Å². The lowest BCUT2D eigenvalue weighted by atomic mass is 10.2. The summed E-state index contributed by atoms with van der Waals surface area (Å²) in [6.07, 6.45) is -4.42. The van der Waals surface area contributed by atoms with Crippen molar-refractivity contribution in [3.8, 4) is 0 Å². The van der Waals surface area contributed by atoms with Crippen molar-refractivity contribution in [2.75, 3.05) is 5.32 Å². The summed E-state index contributed by atoms with van der Waals surface area (Å²) in [5.41, 5.74) is 0.926. The number of anilines is 1. The van der Waals surface area contributed by atoms with E-state index in [0.29, 0.717) is 0 Å². The van der Waals surface area contributed by atoms with Crippen molar-refractivity contribution in [1.82, 2.24) is 19.6 Å². The Morgan fingerprint density at radius 2 is 1.79 bits per heavy atom. The van der Waals surface area contributed by atoms with Crippen LogP contribution in [0.15, 0.2) is 30.3 Å². The molecule has 0 atom stereocenters. The van der Waals surface area contributed by atoms with E-state index in [2.05, 4.69) is 20.4 Å². The number of hydrogen-bond acceptors (Lipinski definition) is 4. The highest BCUT2D eigenvalue weighted by molar-refractivity contribution is 6.01. The average Bonchev–Trinajstić information content (AvgIpc) is 2.91. The van der Waals surface area contributed by atoms with Crippen LogP contribution in [0.4, 0.5) is 18.9 Å². The van der Waals surface area contributed by atoms with Crippen LogP contribution in [0, 0.1) is 13.8 Å². The molecule has 0 radical (unpaired) electrons. The Kier molecular flexibility index (Phi) is 3.70. The highest BCUT2D eigenvalue weighted by Crippen LogP contribution is 2.29. The minimum Gasteiger partial charge on any atom is -0.319 e. The zero-order chi connectivity index (χ0) is 17.5. The van der Waals surface area contributed by atoms with Gasteiger partial charge in [-0.15, -0.1) is 5.10 Å². The first-order chi connectivity index (χ1) is 11.2. The summed E-state index contributed by atoms with van der Waals surface area (Å²) in [5.74, 6) is -0.460. The van der Waals surface area contributed by atoms with Crippen LogP contribution >= 0.6 is 0 Å². The molecule has 1 amide bonds. The maximum absolute atomic E-state index is 12.5. The molecule has 3 aromatic rings. The van der Waals surface area contributed by atoms with E-state index in [1.54, 1.807) is 19.9 Å². The fraction of sp³-hybridized carbons (Fsp3) is 0.200. The number of carbonyl (C=O) groups is 1. The molecule has 0 bridgehead atoms. The van der Waals surface area contributed by atoms with E-state index in [9.17, 15) is 18.0 Å². The molecule has 0 unspecified atom stereocenters. The second kappa shape index (κ2) is 5.59. The van der Waals surface area contributed by atoms with Crippen LogP contribution in [0.1, 0.15) is 27.6 Å². The fourth-order valence-electron chi connectivity index (χ4n) is 2.19. The van der Waals surface area contributed by atoms with Gasteiger partial charge in [0.25, 0.3) is 11.7 Å². The van der Waals surface area contributed by atoms with Crippen molar-refractivity contribution in [1.29, 1.82) is 0 Å². The molecule has 3 rings (SSSR count). The van der Waals surface area contributed by atoms with Gasteiger partial charge in [-0.05, 0) is 44.2 Å². The van der Waals surface area contributed by atoms with Crippen molar-refractivity contribution in [3.63, 3.8) is 0 Å². The van der Waals surface area contributed by atoms with Crippen LogP contribution in [0.3, 0.4) is 0 Å². The van der Waals surface area contributed by atoms with E-state index < -0.39 is 17.6 Å². The van der Waals surface area contributed by atoms with Crippen molar-refractivity contribution >= 4 is 17.4 Å². The fourth-order valence-corrected chi connectivity index (χ4v) is 2.19. The maximum Gasteiger partial charge on any atom is 0.416 e. The molecule has 2 aromatic heterocycles. The molecule has 6 nitrogen and oxygen atoms in total. The van der Waals surface area contributed by atoms with Gasteiger partial charge in [-0.1, -0.05) is 0 Å². The Labute approximate surface area is 134 Å². The van der Waals surface area contributed by atoms with Crippen LogP contribution < -0.4 is 5.32 Å². The maximum atomic E-state index is 12.5. The van der Waals surface area contributed by atoms with E-state index in [1.807, 2.05) is 0 Å². The smallest absolute Gasteiger partial charge is 0.319 e. The van der Waals surface area contributed by atoms with E-state index in [1.165, 1.54) is 16.6 Å². The molecule has 124 valence electrons. The minimum atomic E-state index is -4.42. The Bertz CT molecular complexity index is 915. The van der Waals surface area contributed by atoms with Gasteiger partial charge in [-0.3, -0.25) is 4.79 Å². The molecule has 0 aliphatic carbocycles. The molecule has 0 saturated heterocycles. The third kappa shape index (κ3) is 3.05. The van der Waals surface area contributed by atoms with Crippen molar-refractivity contribution in [2.45, 2.75) is 20.0 Å². The van der Waals surface area contributed by atoms with Crippen LogP contribution in [0.5, 0.6) is 0 Å². The predicted molar refractivity (Wildman–Crippen MR) is 79.7 cm³/mol. The second-order valence-electron chi connectivity index (χ2n) is 5.22. The number of hydrogen-bond donors (Lipinski definition) is 1. The van der Waals surface area contributed by atoms with Crippen molar-refractivity contribution < 1.29 is 18.0 Å². The number of rotatable bonds is 2. The number of fused-ring (bicyclic) bond motifs is 1. The van der Waals surface area contributed by atoms with E-state index in [4.69, 9.17) is 0 Å². The molecule has 0 saturated carbocycles. The summed E-state index contributed by atoms with van der Waals surface area (Å²) in [5, 5.41) is 6.52. The summed E-state index contributed by atoms with van der Waals surface area (Å²) in [7, 11) is 0. The standard InChI is InChI=1S/C15H12F3N5O/c1-8-7-9(2)23-14(19-8)21-12(22-23)13(24)20-11-5-3-10(4-6-11)15(16,17)18/h3-7H,1-2H3,(H,20,24). The molecule has 2 heterocycles. The molecule has 0 aliphatic rings. The Morgan fingerprint density at radius 1 is 1.12 bits per heavy atom. The van der Waals surface area contributed by atoms with Gasteiger partial charge < -0.3 is 5.32 Å². The van der Waals surface area contributed by atoms with Gasteiger partial charge >= 0.3 is 6.18 Å². The molecule has 0 spiro atoms. The van der Waals surface area contributed by atoms with E-state index in [-0.39, 0.29) is 17.3 Å². The normalized spacial score (nSPS) is 11.7. The Morgan fingerprint density at radius 3 is 2.42 bits per heavy atom. The first-order valence-corrected chi connectivity index (χ1v) is 6.94. The molecule has 24 heavy (non-hydrogen) atoms. The summed E-state index contributed by atoms with van der Waals surface area (Å²) >= 11 is 0. The van der Waals surface area contributed by atoms with Crippen LogP contribution in [-0.4, -0.2) is 25.5 Å². The zero-order valence-corrected chi connectivity index (χ0v) is 12.7. The van der Waals surface area contributed by atoms with Crippen molar-refractivity contribution in [3.05, 3.63) is 53.1 Å². The number of alkyl halides is 3. The van der Waals surface area contributed by atoms with Gasteiger partial charge in [0.05, 0.1) is 5.56 Å². The SMILES string of the molecule is Cc1cc(C)n2nc(C(=O)Nc3ccc(C(F)(F)F)cc3)nc2n1. The Balaban J connectivity index is 1.83. The molecular formula is C15H12F3N5O. The number of aromatic nitrogens is 4. The van der Waals surface area contributed by atoms with Gasteiger partial charge in [0.15, 0.2) is 0 Å².